The first-order chi connectivity index (χ1) is 12.5. The molecular weight excluding hydrogens is 334 g/mol. The topological polar surface area (TPSA) is 112 Å². The summed E-state index contributed by atoms with van der Waals surface area (Å²) in [6, 6.07) is 16.6. The Labute approximate surface area is 149 Å². The quantitative estimate of drug-likeness (QED) is 0.578. The summed E-state index contributed by atoms with van der Waals surface area (Å²) < 4.78 is 0. The molecule has 0 aliphatic heterocycles. The van der Waals surface area contributed by atoms with E-state index < -0.39 is 11.8 Å². The lowest BCUT2D eigenvalue weighted by molar-refractivity contribution is 0.101. The highest BCUT2D eigenvalue weighted by atomic mass is 16.3. The molecule has 3 aromatic rings. The van der Waals surface area contributed by atoms with Gasteiger partial charge in [0.25, 0.3) is 11.8 Å². The minimum Gasteiger partial charge on any atom is -0.508 e. The molecule has 0 fully saturated rings. The highest BCUT2D eigenvalue weighted by Crippen LogP contribution is 2.16. The number of phenolic OH excluding ortho intramolecular Hbond substituents is 2. The molecule has 0 atom stereocenters. The predicted molar refractivity (Wildman–Crippen MR) is 96.4 cm³/mol. The van der Waals surface area contributed by atoms with Crippen LogP contribution in [0.2, 0.25) is 0 Å². The molecule has 0 unspecified atom stereocenters. The van der Waals surface area contributed by atoms with Crippen molar-refractivity contribution in [1.82, 2.24) is 4.98 Å². The molecule has 26 heavy (non-hydrogen) atoms. The number of phenols is 2. The molecule has 0 aliphatic rings. The third-order valence-corrected chi connectivity index (χ3v) is 3.45. The number of carbonyl (C=O) groups excluding carboxylic acids is 2. The van der Waals surface area contributed by atoms with Gasteiger partial charge in [0.05, 0.1) is 0 Å². The molecule has 7 heteroatoms. The van der Waals surface area contributed by atoms with Crippen molar-refractivity contribution in [3.63, 3.8) is 0 Å². The first-order valence-corrected chi connectivity index (χ1v) is 7.69. The molecule has 7 nitrogen and oxygen atoms in total. The Bertz CT molecular complexity index is 898. The average molecular weight is 349 g/mol. The first kappa shape index (κ1) is 17.0. The van der Waals surface area contributed by atoms with E-state index in [0.717, 1.165) is 0 Å². The lowest BCUT2D eigenvalue weighted by Crippen LogP contribution is -2.15. The van der Waals surface area contributed by atoms with Crippen molar-refractivity contribution in [1.29, 1.82) is 0 Å². The zero-order valence-corrected chi connectivity index (χ0v) is 13.5. The fourth-order valence-corrected chi connectivity index (χ4v) is 2.25. The Hall–Kier alpha value is -3.87. The van der Waals surface area contributed by atoms with Crippen LogP contribution >= 0.6 is 0 Å². The van der Waals surface area contributed by atoms with E-state index in [1.807, 2.05) is 0 Å². The number of amides is 2. The van der Waals surface area contributed by atoms with E-state index in [4.69, 9.17) is 0 Å². The van der Waals surface area contributed by atoms with E-state index in [-0.39, 0.29) is 34.3 Å². The molecule has 1 aromatic heterocycles. The number of hydrogen-bond acceptors (Lipinski definition) is 5. The second-order valence-electron chi connectivity index (χ2n) is 5.42. The summed E-state index contributed by atoms with van der Waals surface area (Å²) in [6.07, 6.45) is 0. The smallest absolute Gasteiger partial charge is 0.256 e. The molecule has 0 saturated heterocycles. The minimum atomic E-state index is -0.440. The molecule has 0 spiro atoms. The summed E-state index contributed by atoms with van der Waals surface area (Å²) >= 11 is 0. The summed E-state index contributed by atoms with van der Waals surface area (Å²) in [4.78, 5) is 28.5. The van der Waals surface area contributed by atoms with Gasteiger partial charge in [-0.05, 0) is 48.5 Å². The lowest BCUT2D eigenvalue weighted by Gasteiger charge is -2.08. The number of hydrogen-bond donors (Lipinski definition) is 4. The zero-order valence-electron chi connectivity index (χ0n) is 13.5. The van der Waals surface area contributed by atoms with Crippen LogP contribution in [0.25, 0.3) is 0 Å². The molecular formula is C19H15N3O4. The number of aromatic hydroxyl groups is 2. The summed E-state index contributed by atoms with van der Waals surface area (Å²) in [5.74, 6) is -0.427. The van der Waals surface area contributed by atoms with Crippen molar-refractivity contribution in [2.75, 3.05) is 10.6 Å². The normalized spacial score (nSPS) is 10.2. The van der Waals surface area contributed by atoms with Crippen LogP contribution in [0.5, 0.6) is 11.5 Å². The molecule has 3 rings (SSSR count). The van der Waals surface area contributed by atoms with Gasteiger partial charge in [-0.15, -0.1) is 0 Å². The summed E-state index contributed by atoms with van der Waals surface area (Å²) in [5, 5.41) is 24.1. The van der Waals surface area contributed by atoms with Crippen LogP contribution in [0.15, 0.2) is 66.7 Å². The molecule has 4 N–H and O–H groups in total. The number of aromatic nitrogens is 1. The van der Waals surface area contributed by atoms with Gasteiger partial charge in [-0.1, -0.05) is 18.2 Å². The van der Waals surface area contributed by atoms with Gasteiger partial charge >= 0.3 is 0 Å². The summed E-state index contributed by atoms with van der Waals surface area (Å²) in [7, 11) is 0. The number of nitrogens with zero attached hydrogens (tertiary/aromatic N) is 1. The second-order valence-corrected chi connectivity index (χ2v) is 5.42. The Morgan fingerprint density at radius 2 is 1.12 bits per heavy atom. The maximum absolute atomic E-state index is 12.2. The van der Waals surface area contributed by atoms with Gasteiger partial charge in [0.15, 0.2) is 0 Å². The van der Waals surface area contributed by atoms with E-state index in [9.17, 15) is 19.8 Å². The Morgan fingerprint density at radius 3 is 1.54 bits per heavy atom. The Kier molecular flexibility index (Phi) is 4.80. The summed E-state index contributed by atoms with van der Waals surface area (Å²) in [5.41, 5.74) is 0.557. The van der Waals surface area contributed by atoms with Crippen molar-refractivity contribution < 1.29 is 19.8 Å². The van der Waals surface area contributed by atoms with Crippen LogP contribution in [0, 0.1) is 0 Å². The largest absolute Gasteiger partial charge is 0.508 e. The number of rotatable bonds is 4. The SMILES string of the molecule is O=C(Nc1cccc(NC(=O)c2cccc(O)c2)n1)c1cccc(O)c1. The fraction of sp³-hybridized carbons (Fsp3) is 0. The van der Waals surface area contributed by atoms with E-state index in [1.165, 1.54) is 24.3 Å². The molecule has 130 valence electrons. The van der Waals surface area contributed by atoms with Gasteiger partial charge in [-0.2, -0.15) is 0 Å². The van der Waals surface area contributed by atoms with Crippen molar-refractivity contribution in [2.45, 2.75) is 0 Å². The van der Waals surface area contributed by atoms with Crippen LogP contribution in [0.1, 0.15) is 20.7 Å². The van der Waals surface area contributed by atoms with Crippen LogP contribution in [0.4, 0.5) is 11.6 Å². The monoisotopic (exact) mass is 349 g/mol. The van der Waals surface area contributed by atoms with Gasteiger partial charge in [0, 0.05) is 11.1 Å². The van der Waals surface area contributed by atoms with Crippen molar-refractivity contribution >= 4 is 23.5 Å². The highest BCUT2D eigenvalue weighted by Gasteiger charge is 2.10. The Balaban J connectivity index is 1.72. The van der Waals surface area contributed by atoms with Gasteiger partial charge in [-0.3, -0.25) is 9.59 Å². The number of nitrogens with one attached hydrogen (secondary N) is 2. The van der Waals surface area contributed by atoms with Crippen LogP contribution in [0.3, 0.4) is 0 Å². The third kappa shape index (κ3) is 4.15. The average Bonchev–Trinajstić information content (AvgIpc) is 2.62. The van der Waals surface area contributed by atoms with Crippen LogP contribution in [-0.2, 0) is 0 Å². The predicted octanol–water partition coefficient (Wildman–Crippen LogP) is 3.00. The maximum atomic E-state index is 12.2. The van der Waals surface area contributed by atoms with Gasteiger partial charge in [0.1, 0.15) is 23.1 Å². The van der Waals surface area contributed by atoms with Crippen molar-refractivity contribution in [3.8, 4) is 11.5 Å². The highest BCUT2D eigenvalue weighted by molar-refractivity contribution is 6.05. The lowest BCUT2D eigenvalue weighted by atomic mass is 10.2. The van der Waals surface area contributed by atoms with Gasteiger partial charge in [0.2, 0.25) is 0 Å². The Morgan fingerprint density at radius 1 is 0.692 bits per heavy atom. The third-order valence-electron chi connectivity index (χ3n) is 3.45. The van der Waals surface area contributed by atoms with E-state index in [0.29, 0.717) is 0 Å². The number of carbonyl (C=O) groups is 2. The van der Waals surface area contributed by atoms with Crippen molar-refractivity contribution in [3.05, 3.63) is 77.9 Å². The molecule has 0 bridgehead atoms. The van der Waals surface area contributed by atoms with E-state index in [1.54, 1.807) is 42.5 Å². The van der Waals surface area contributed by atoms with Crippen molar-refractivity contribution in [2.24, 2.45) is 0 Å². The number of benzene rings is 2. The molecule has 0 aliphatic carbocycles. The summed E-state index contributed by atoms with van der Waals surface area (Å²) in [6.45, 7) is 0. The molecule has 0 radical (unpaired) electrons. The van der Waals surface area contributed by atoms with Crippen LogP contribution < -0.4 is 10.6 Å². The standard InChI is InChI=1S/C19H15N3O4/c23-14-6-1-4-12(10-14)18(25)21-16-8-3-9-17(20-16)22-19(26)13-5-2-7-15(24)11-13/h1-11,23-24H,(H2,20,21,22,25,26). The van der Waals surface area contributed by atoms with Crippen LogP contribution in [-0.4, -0.2) is 27.0 Å². The molecule has 2 amide bonds. The fourth-order valence-electron chi connectivity index (χ4n) is 2.25. The van der Waals surface area contributed by atoms with Gasteiger partial charge in [-0.25, -0.2) is 4.98 Å². The van der Waals surface area contributed by atoms with E-state index >= 15 is 0 Å². The second kappa shape index (κ2) is 7.35. The maximum Gasteiger partial charge on any atom is 0.256 e. The number of anilines is 2. The number of pyridine rings is 1. The molecule has 0 saturated carbocycles. The van der Waals surface area contributed by atoms with E-state index in [2.05, 4.69) is 15.6 Å². The zero-order chi connectivity index (χ0) is 18.5. The molecule has 1 heterocycles. The first-order valence-electron chi connectivity index (χ1n) is 7.69. The minimum absolute atomic E-state index is 0.0160. The molecule has 2 aromatic carbocycles. The van der Waals surface area contributed by atoms with Gasteiger partial charge < -0.3 is 20.8 Å².